The van der Waals surface area contributed by atoms with Gasteiger partial charge in [0.2, 0.25) is 11.8 Å². The molecule has 0 aromatic rings. The summed E-state index contributed by atoms with van der Waals surface area (Å²) >= 11 is 0. The van der Waals surface area contributed by atoms with Gasteiger partial charge in [-0.1, -0.05) is 20.3 Å². The lowest BCUT2D eigenvalue weighted by Crippen LogP contribution is -2.51. The van der Waals surface area contributed by atoms with Crippen molar-refractivity contribution >= 4 is 11.8 Å². The van der Waals surface area contributed by atoms with E-state index < -0.39 is 0 Å². The van der Waals surface area contributed by atoms with E-state index in [1.807, 2.05) is 6.92 Å². The molecule has 6 unspecified atom stereocenters. The molecule has 2 aliphatic heterocycles. The Hall–Kier alpha value is -1.10. The molecule has 3 fully saturated rings. The summed E-state index contributed by atoms with van der Waals surface area (Å²) in [5.74, 6) is 2.52. The van der Waals surface area contributed by atoms with Gasteiger partial charge < -0.3 is 16.0 Å². The first kappa shape index (κ1) is 19.7. The van der Waals surface area contributed by atoms with Gasteiger partial charge in [-0.25, -0.2) is 0 Å². The van der Waals surface area contributed by atoms with Gasteiger partial charge in [-0.3, -0.25) is 9.59 Å². The fourth-order valence-electron chi connectivity index (χ4n) is 5.73. The summed E-state index contributed by atoms with van der Waals surface area (Å²) in [4.78, 5) is 25.2. The van der Waals surface area contributed by atoms with Gasteiger partial charge in [-0.05, 0) is 75.8 Å². The molecule has 2 heterocycles. The first-order valence-corrected chi connectivity index (χ1v) is 10.8. The molecule has 5 nitrogen and oxygen atoms in total. The molecule has 3 N–H and O–H groups in total. The van der Waals surface area contributed by atoms with Gasteiger partial charge in [-0.2, -0.15) is 0 Å². The predicted molar refractivity (Wildman–Crippen MR) is 103 cm³/mol. The summed E-state index contributed by atoms with van der Waals surface area (Å²) in [6.45, 7) is 9.19. The molecule has 0 radical (unpaired) electrons. The van der Waals surface area contributed by atoms with E-state index in [9.17, 15) is 9.59 Å². The third kappa shape index (κ3) is 4.41. The van der Waals surface area contributed by atoms with Gasteiger partial charge in [0.15, 0.2) is 0 Å². The third-order valence-electron chi connectivity index (χ3n) is 7.32. The van der Waals surface area contributed by atoms with Crippen LogP contribution in [-0.4, -0.2) is 37.5 Å². The maximum Gasteiger partial charge on any atom is 0.225 e. The van der Waals surface area contributed by atoms with Crippen molar-refractivity contribution in [3.05, 3.63) is 0 Å². The van der Waals surface area contributed by atoms with Crippen molar-refractivity contribution in [1.29, 1.82) is 0 Å². The Labute approximate surface area is 158 Å². The van der Waals surface area contributed by atoms with E-state index in [4.69, 9.17) is 0 Å². The minimum absolute atomic E-state index is 0.0886. The van der Waals surface area contributed by atoms with E-state index in [0.29, 0.717) is 24.3 Å². The summed E-state index contributed by atoms with van der Waals surface area (Å²) in [5, 5.41) is 9.62. The second-order valence-corrected chi connectivity index (χ2v) is 9.12. The Kier molecular flexibility index (Phi) is 6.60. The van der Waals surface area contributed by atoms with Crippen LogP contribution in [0.5, 0.6) is 0 Å². The third-order valence-corrected chi connectivity index (χ3v) is 7.32. The predicted octanol–water partition coefficient (Wildman–Crippen LogP) is 2.32. The zero-order valence-corrected chi connectivity index (χ0v) is 16.7. The quantitative estimate of drug-likeness (QED) is 0.718. The molecular weight excluding hydrogens is 326 g/mol. The Bertz CT molecular complexity index is 503. The normalized spacial score (nSPS) is 39.3. The molecule has 5 heteroatoms. The van der Waals surface area contributed by atoms with Crippen LogP contribution in [0.2, 0.25) is 0 Å². The molecule has 0 spiro atoms. The van der Waals surface area contributed by atoms with Crippen LogP contribution < -0.4 is 16.0 Å². The van der Waals surface area contributed by atoms with Crippen molar-refractivity contribution in [1.82, 2.24) is 16.0 Å². The van der Waals surface area contributed by atoms with Crippen LogP contribution in [0, 0.1) is 35.5 Å². The summed E-state index contributed by atoms with van der Waals surface area (Å²) in [7, 11) is 0. The molecule has 0 aromatic carbocycles. The summed E-state index contributed by atoms with van der Waals surface area (Å²) < 4.78 is 0. The molecule has 3 aliphatic rings. The number of amides is 2. The van der Waals surface area contributed by atoms with Crippen LogP contribution >= 0.6 is 0 Å². The molecule has 2 saturated heterocycles. The Morgan fingerprint density at radius 3 is 2.54 bits per heavy atom. The maximum atomic E-state index is 12.9. The molecule has 1 aliphatic carbocycles. The van der Waals surface area contributed by atoms with Crippen LogP contribution in [0.1, 0.15) is 59.3 Å². The lowest BCUT2D eigenvalue weighted by Gasteiger charge is -2.41. The van der Waals surface area contributed by atoms with Gasteiger partial charge >= 0.3 is 0 Å². The molecule has 148 valence electrons. The topological polar surface area (TPSA) is 70.2 Å². The first-order chi connectivity index (χ1) is 12.5. The highest BCUT2D eigenvalue weighted by Crippen LogP contribution is 2.41. The van der Waals surface area contributed by atoms with Crippen molar-refractivity contribution in [3.8, 4) is 0 Å². The van der Waals surface area contributed by atoms with Crippen LogP contribution in [0.4, 0.5) is 0 Å². The van der Waals surface area contributed by atoms with E-state index in [1.54, 1.807) is 0 Å². The number of hydrogen-bond donors (Lipinski definition) is 3. The molecular formula is C21H37N3O2. The van der Waals surface area contributed by atoms with E-state index in [2.05, 4.69) is 29.8 Å². The van der Waals surface area contributed by atoms with Crippen molar-refractivity contribution in [3.63, 3.8) is 0 Å². The second-order valence-electron chi connectivity index (χ2n) is 9.12. The van der Waals surface area contributed by atoms with E-state index >= 15 is 0 Å². The highest BCUT2D eigenvalue weighted by molar-refractivity contribution is 5.82. The average Bonchev–Trinajstić information content (AvgIpc) is 2.61. The van der Waals surface area contributed by atoms with Gasteiger partial charge in [0.1, 0.15) is 0 Å². The fourth-order valence-corrected chi connectivity index (χ4v) is 5.73. The van der Waals surface area contributed by atoms with Crippen molar-refractivity contribution in [2.75, 3.05) is 19.6 Å². The Balaban J connectivity index is 1.54. The molecule has 1 saturated carbocycles. The second kappa shape index (κ2) is 8.73. The monoisotopic (exact) mass is 363 g/mol. The van der Waals surface area contributed by atoms with Crippen LogP contribution in [0.25, 0.3) is 0 Å². The van der Waals surface area contributed by atoms with Crippen molar-refractivity contribution in [2.24, 2.45) is 35.5 Å². The highest BCUT2D eigenvalue weighted by Gasteiger charge is 2.39. The molecule has 2 amide bonds. The zero-order valence-electron chi connectivity index (χ0n) is 16.7. The van der Waals surface area contributed by atoms with Gasteiger partial charge in [-0.15, -0.1) is 0 Å². The van der Waals surface area contributed by atoms with Gasteiger partial charge in [0.05, 0.1) is 5.92 Å². The minimum Gasteiger partial charge on any atom is -0.355 e. The number of piperidine rings is 2. The van der Waals surface area contributed by atoms with Crippen LogP contribution in [0.3, 0.4) is 0 Å². The molecule has 3 rings (SSSR count). The SMILES string of the molecule is CC1CC(C)C(CNC(=O)C2CCCC(C3CCNCC3)C2C)C(=O)N1. The van der Waals surface area contributed by atoms with Crippen LogP contribution in [-0.2, 0) is 9.59 Å². The van der Waals surface area contributed by atoms with Gasteiger partial charge in [0, 0.05) is 18.5 Å². The summed E-state index contributed by atoms with van der Waals surface area (Å²) in [6, 6.07) is 0.244. The smallest absolute Gasteiger partial charge is 0.225 e. The minimum atomic E-state index is -0.0886. The first-order valence-electron chi connectivity index (χ1n) is 10.8. The van der Waals surface area contributed by atoms with E-state index in [1.165, 1.54) is 19.3 Å². The number of carbonyl (C=O) groups excluding carboxylic acids is 2. The van der Waals surface area contributed by atoms with Crippen molar-refractivity contribution in [2.45, 2.75) is 65.3 Å². The highest BCUT2D eigenvalue weighted by atomic mass is 16.2. The van der Waals surface area contributed by atoms with Crippen molar-refractivity contribution < 1.29 is 9.59 Å². The molecule has 26 heavy (non-hydrogen) atoms. The average molecular weight is 364 g/mol. The maximum absolute atomic E-state index is 12.9. The number of carbonyl (C=O) groups is 2. The number of rotatable bonds is 4. The van der Waals surface area contributed by atoms with E-state index in [0.717, 1.165) is 38.3 Å². The standard InChI is InChI=1S/C21H37N3O2/c1-13-11-14(2)24-21(26)19(13)12-23-20(25)18-6-4-5-17(15(18)3)16-7-9-22-10-8-16/h13-19,22H,4-12H2,1-3H3,(H,23,25)(H,24,26). The number of nitrogens with one attached hydrogen (secondary N) is 3. The molecule has 6 atom stereocenters. The Morgan fingerprint density at radius 2 is 1.85 bits per heavy atom. The zero-order chi connectivity index (χ0) is 18.7. The van der Waals surface area contributed by atoms with Crippen LogP contribution in [0.15, 0.2) is 0 Å². The van der Waals surface area contributed by atoms with E-state index in [-0.39, 0.29) is 29.7 Å². The summed E-state index contributed by atoms with van der Waals surface area (Å²) in [5.41, 5.74) is 0. The summed E-state index contributed by atoms with van der Waals surface area (Å²) in [6.07, 6.45) is 6.93. The number of hydrogen-bond acceptors (Lipinski definition) is 3. The fraction of sp³-hybridized carbons (Fsp3) is 0.905. The largest absolute Gasteiger partial charge is 0.355 e. The lowest BCUT2D eigenvalue weighted by atomic mass is 9.65. The molecule has 0 bridgehead atoms. The Morgan fingerprint density at radius 1 is 1.12 bits per heavy atom. The molecule has 0 aromatic heterocycles. The lowest BCUT2D eigenvalue weighted by molar-refractivity contribution is -0.132. The van der Waals surface area contributed by atoms with Gasteiger partial charge in [0.25, 0.3) is 0 Å².